The van der Waals surface area contributed by atoms with Gasteiger partial charge in [-0.25, -0.2) is 4.98 Å². The van der Waals surface area contributed by atoms with Crippen molar-refractivity contribution in [2.24, 2.45) is 0 Å². The summed E-state index contributed by atoms with van der Waals surface area (Å²) in [6.07, 6.45) is 0. The van der Waals surface area contributed by atoms with Gasteiger partial charge in [-0.05, 0) is 45.3 Å². The molecular formula is C18H20N4O4S2. The molecule has 0 atom stereocenters. The normalized spacial score (nSPS) is 11.1. The van der Waals surface area contributed by atoms with Crippen LogP contribution in [0, 0.1) is 10.1 Å². The van der Waals surface area contributed by atoms with Gasteiger partial charge in [0.25, 0.3) is 5.91 Å². The predicted octanol–water partition coefficient (Wildman–Crippen LogP) is 3.87. The van der Waals surface area contributed by atoms with E-state index < -0.39 is 4.92 Å². The number of thiophene rings is 1. The zero-order chi connectivity index (χ0) is 20.3. The summed E-state index contributed by atoms with van der Waals surface area (Å²) in [6, 6.07) is 8.47. The molecule has 1 amide bonds. The van der Waals surface area contributed by atoms with Crippen molar-refractivity contribution in [3.63, 3.8) is 0 Å². The number of hydrogen-bond donors (Lipinski definition) is 0. The lowest BCUT2D eigenvalue weighted by Crippen LogP contribution is -2.36. The van der Waals surface area contributed by atoms with Gasteiger partial charge in [-0.3, -0.25) is 19.8 Å². The van der Waals surface area contributed by atoms with Crippen LogP contribution in [0.15, 0.2) is 30.3 Å². The van der Waals surface area contributed by atoms with Crippen LogP contribution >= 0.6 is 22.7 Å². The third kappa shape index (κ3) is 4.46. The number of amides is 1. The van der Waals surface area contributed by atoms with E-state index >= 15 is 0 Å². The van der Waals surface area contributed by atoms with Crippen molar-refractivity contribution in [2.75, 3.05) is 38.7 Å². The zero-order valence-corrected chi connectivity index (χ0v) is 17.4. The van der Waals surface area contributed by atoms with E-state index in [-0.39, 0.29) is 10.9 Å². The topological polar surface area (TPSA) is 88.8 Å². The highest BCUT2D eigenvalue weighted by Gasteiger charge is 2.24. The minimum atomic E-state index is -0.488. The van der Waals surface area contributed by atoms with Crippen LogP contribution < -0.4 is 9.64 Å². The average molecular weight is 421 g/mol. The fraction of sp³-hybridized carbons (Fsp3) is 0.333. The lowest BCUT2D eigenvalue weighted by molar-refractivity contribution is -0.380. The Bertz CT molecular complexity index is 999. The van der Waals surface area contributed by atoms with E-state index in [1.807, 2.05) is 44.1 Å². The first-order valence-electron chi connectivity index (χ1n) is 8.63. The number of benzene rings is 1. The maximum Gasteiger partial charge on any atom is 0.324 e. The van der Waals surface area contributed by atoms with E-state index in [1.165, 1.54) is 23.5 Å². The highest BCUT2D eigenvalue weighted by molar-refractivity contribution is 7.22. The minimum Gasteiger partial charge on any atom is -0.494 e. The van der Waals surface area contributed by atoms with Crippen LogP contribution in [-0.2, 0) is 0 Å². The molecule has 0 spiro atoms. The Morgan fingerprint density at radius 1 is 1.21 bits per heavy atom. The Morgan fingerprint density at radius 3 is 2.64 bits per heavy atom. The predicted molar refractivity (Wildman–Crippen MR) is 112 cm³/mol. The lowest BCUT2D eigenvalue weighted by Gasteiger charge is -2.21. The van der Waals surface area contributed by atoms with Crippen LogP contribution in [0.5, 0.6) is 5.75 Å². The highest BCUT2D eigenvalue weighted by atomic mass is 32.1. The molecule has 0 fully saturated rings. The molecule has 3 rings (SSSR count). The molecule has 0 aliphatic heterocycles. The highest BCUT2D eigenvalue weighted by Crippen LogP contribution is 2.33. The van der Waals surface area contributed by atoms with E-state index in [9.17, 15) is 14.9 Å². The monoisotopic (exact) mass is 420 g/mol. The number of hydrogen-bond acceptors (Lipinski definition) is 8. The van der Waals surface area contributed by atoms with Gasteiger partial charge in [0.15, 0.2) is 5.13 Å². The van der Waals surface area contributed by atoms with Crippen molar-refractivity contribution in [2.45, 2.75) is 6.92 Å². The van der Waals surface area contributed by atoms with Gasteiger partial charge in [-0.15, -0.1) is 0 Å². The summed E-state index contributed by atoms with van der Waals surface area (Å²) in [5.41, 5.74) is 0.781. The molecular weight excluding hydrogens is 400 g/mol. The third-order valence-corrected chi connectivity index (χ3v) is 5.96. The Balaban J connectivity index is 1.95. The summed E-state index contributed by atoms with van der Waals surface area (Å²) in [5, 5.41) is 11.5. The summed E-state index contributed by atoms with van der Waals surface area (Å²) in [6.45, 7) is 3.56. The molecule has 0 radical (unpaired) electrons. The van der Waals surface area contributed by atoms with Crippen LogP contribution in [0.2, 0.25) is 0 Å². The summed E-state index contributed by atoms with van der Waals surface area (Å²) in [7, 11) is 3.84. The molecule has 148 valence electrons. The number of nitrogens with zero attached hydrogens (tertiary/aromatic N) is 4. The van der Waals surface area contributed by atoms with E-state index in [1.54, 1.807) is 4.90 Å². The van der Waals surface area contributed by atoms with Crippen molar-refractivity contribution in [1.82, 2.24) is 9.88 Å². The number of likely N-dealkylation sites (N-methyl/N-ethyl adjacent to an activating group) is 1. The van der Waals surface area contributed by atoms with E-state index in [0.29, 0.717) is 29.7 Å². The lowest BCUT2D eigenvalue weighted by atomic mass is 10.3. The van der Waals surface area contributed by atoms with Crippen molar-refractivity contribution in [1.29, 1.82) is 0 Å². The van der Waals surface area contributed by atoms with Gasteiger partial charge < -0.3 is 9.64 Å². The summed E-state index contributed by atoms with van der Waals surface area (Å²) < 4.78 is 6.45. The standard InChI is InChI=1S/C18H20N4O4S2/c1-4-26-12-5-6-13-15(11-12)28-18(19-13)21(10-9-20(2)3)17(23)14-7-8-16(27-14)22(24)25/h5-8,11H,4,9-10H2,1-3H3. The summed E-state index contributed by atoms with van der Waals surface area (Å²) >= 11 is 2.27. The molecule has 10 heteroatoms. The number of carbonyl (C=O) groups excluding carboxylic acids is 1. The number of aromatic nitrogens is 1. The molecule has 0 bridgehead atoms. The Labute approximate surface area is 170 Å². The van der Waals surface area contributed by atoms with Crippen molar-refractivity contribution >= 4 is 48.9 Å². The van der Waals surface area contributed by atoms with Crippen LogP contribution in [0.1, 0.15) is 16.6 Å². The molecule has 0 aliphatic carbocycles. The molecule has 0 saturated heterocycles. The fourth-order valence-electron chi connectivity index (χ4n) is 2.52. The maximum absolute atomic E-state index is 13.1. The van der Waals surface area contributed by atoms with Gasteiger partial charge in [-0.2, -0.15) is 0 Å². The largest absolute Gasteiger partial charge is 0.494 e. The van der Waals surface area contributed by atoms with Crippen LogP contribution in [0.25, 0.3) is 10.2 Å². The number of thiazole rings is 1. The fourth-order valence-corrected chi connectivity index (χ4v) is 4.31. The summed E-state index contributed by atoms with van der Waals surface area (Å²) in [4.78, 5) is 32.0. The van der Waals surface area contributed by atoms with Gasteiger partial charge in [-0.1, -0.05) is 22.7 Å². The maximum atomic E-state index is 13.1. The number of rotatable bonds is 8. The molecule has 28 heavy (non-hydrogen) atoms. The Hall–Kier alpha value is -2.56. The molecule has 3 aromatic rings. The van der Waals surface area contributed by atoms with Crippen molar-refractivity contribution in [3.05, 3.63) is 45.3 Å². The van der Waals surface area contributed by atoms with E-state index in [4.69, 9.17) is 4.74 Å². The second-order valence-electron chi connectivity index (χ2n) is 6.21. The van der Waals surface area contributed by atoms with Crippen LogP contribution in [0.3, 0.4) is 0 Å². The summed E-state index contributed by atoms with van der Waals surface area (Å²) in [5.74, 6) is 0.467. The smallest absolute Gasteiger partial charge is 0.324 e. The van der Waals surface area contributed by atoms with Gasteiger partial charge in [0.1, 0.15) is 5.75 Å². The van der Waals surface area contributed by atoms with Crippen LogP contribution in [0.4, 0.5) is 10.1 Å². The third-order valence-electron chi connectivity index (χ3n) is 3.89. The van der Waals surface area contributed by atoms with Gasteiger partial charge in [0, 0.05) is 19.2 Å². The Kier molecular flexibility index (Phi) is 6.22. The number of carbonyl (C=O) groups is 1. The number of nitro groups is 1. The minimum absolute atomic E-state index is 0.0541. The molecule has 8 nitrogen and oxygen atoms in total. The molecule has 2 aromatic heterocycles. The zero-order valence-electron chi connectivity index (χ0n) is 15.7. The Morgan fingerprint density at radius 2 is 2.00 bits per heavy atom. The second-order valence-corrected chi connectivity index (χ2v) is 8.29. The molecule has 0 N–H and O–H groups in total. The first-order chi connectivity index (χ1) is 13.4. The van der Waals surface area contributed by atoms with Crippen molar-refractivity contribution in [3.8, 4) is 5.75 Å². The quantitative estimate of drug-likeness (QED) is 0.406. The molecule has 2 heterocycles. The van der Waals surface area contributed by atoms with Crippen LogP contribution in [-0.4, -0.2) is 54.5 Å². The molecule has 1 aromatic carbocycles. The second kappa shape index (κ2) is 8.63. The van der Waals surface area contributed by atoms with Gasteiger partial charge in [0.05, 0.1) is 26.6 Å². The molecule has 0 aliphatic rings. The average Bonchev–Trinajstić information content (AvgIpc) is 3.28. The number of fused-ring (bicyclic) bond motifs is 1. The van der Waals surface area contributed by atoms with Crippen molar-refractivity contribution < 1.29 is 14.5 Å². The first kappa shape index (κ1) is 20.2. The van der Waals surface area contributed by atoms with E-state index in [2.05, 4.69) is 4.98 Å². The molecule has 0 saturated carbocycles. The van der Waals surface area contributed by atoms with E-state index in [0.717, 1.165) is 27.3 Å². The SMILES string of the molecule is CCOc1ccc2nc(N(CCN(C)C)C(=O)c3ccc([N+](=O)[O-])s3)sc2c1. The first-order valence-corrected chi connectivity index (χ1v) is 10.3. The number of ether oxygens (including phenoxy) is 1. The molecule has 0 unspecified atom stereocenters. The van der Waals surface area contributed by atoms with Gasteiger partial charge >= 0.3 is 5.00 Å². The number of anilines is 1. The van der Waals surface area contributed by atoms with Gasteiger partial charge in [0.2, 0.25) is 0 Å².